The summed E-state index contributed by atoms with van der Waals surface area (Å²) in [5.74, 6) is -0.699. The second-order valence-electron chi connectivity index (χ2n) is 2.08. The van der Waals surface area contributed by atoms with Crippen LogP contribution in [0, 0.1) is 9.39 Å². The van der Waals surface area contributed by atoms with Crippen LogP contribution in [0.3, 0.4) is 0 Å². The van der Waals surface area contributed by atoms with Gasteiger partial charge in [-0.15, -0.1) is 0 Å². The van der Waals surface area contributed by atoms with Crippen molar-refractivity contribution in [3.05, 3.63) is 33.1 Å². The zero-order valence-electron chi connectivity index (χ0n) is 5.96. The number of amidine groups is 1. The number of nitrogens with zero attached hydrogens (tertiary/aromatic N) is 1. The van der Waals surface area contributed by atoms with E-state index in [1.165, 1.54) is 6.07 Å². The highest BCUT2D eigenvalue weighted by molar-refractivity contribution is 14.1. The summed E-state index contributed by atoms with van der Waals surface area (Å²) in [5.41, 5.74) is 5.39. The van der Waals surface area contributed by atoms with Crippen molar-refractivity contribution in [1.82, 2.24) is 0 Å². The van der Waals surface area contributed by atoms with Crippen molar-refractivity contribution >= 4 is 28.4 Å². The minimum Gasteiger partial charge on any atom is -0.409 e. The van der Waals surface area contributed by atoms with Crippen LogP contribution < -0.4 is 5.73 Å². The van der Waals surface area contributed by atoms with Gasteiger partial charge in [0.2, 0.25) is 0 Å². The van der Waals surface area contributed by atoms with Crippen LogP contribution >= 0.6 is 22.6 Å². The van der Waals surface area contributed by atoms with Crippen LogP contribution in [0.1, 0.15) is 5.56 Å². The van der Waals surface area contributed by atoms with Crippen molar-refractivity contribution in [2.45, 2.75) is 0 Å². The van der Waals surface area contributed by atoms with Crippen LogP contribution in [0.25, 0.3) is 0 Å². The quantitative estimate of drug-likeness (QED) is 0.269. The van der Waals surface area contributed by atoms with E-state index in [4.69, 9.17) is 10.9 Å². The Bertz CT molecular complexity index is 307. The summed E-state index contributed by atoms with van der Waals surface area (Å²) in [6.45, 7) is 0. The number of benzene rings is 1. The lowest BCUT2D eigenvalue weighted by atomic mass is 10.2. The number of rotatable bonds is 1. The van der Waals surface area contributed by atoms with Gasteiger partial charge in [0.05, 0.1) is 5.56 Å². The predicted molar refractivity (Wildman–Crippen MR) is 51.6 cm³/mol. The van der Waals surface area contributed by atoms with Crippen molar-refractivity contribution in [3.63, 3.8) is 0 Å². The summed E-state index contributed by atoms with van der Waals surface area (Å²) in [6.07, 6.45) is 0. The van der Waals surface area contributed by atoms with Crippen molar-refractivity contribution in [3.8, 4) is 0 Å². The number of oxime groups is 1. The largest absolute Gasteiger partial charge is 0.409 e. The van der Waals surface area contributed by atoms with Crippen LogP contribution in [-0.2, 0) is 0 Å². The summed E-state index contributed by atoms with van der Waals surface area (Å²) >= 11 is 1.91. The highest BCUT2D eigenvalue weighted by atomic mass is 127. The predicted octanol–water partition coefficient (Wildman–Crippen LogP) is 1.52. The third-order valence-corrected chi connectivity index (χ3v) is 2.23. The van der Waals surface area contributed by atoms with Crippen LogP contribution in [0.2, 0.25) is 0 Å². The molecule has 0 spiro atoms. The molecule has 0 unspecified atom stereocenters. The van der Waals surface area contributed by atoms with E-state index in [1.807, 2.05) is 22.6 Å². The lowest BCUT2D eigenvalue weighted by molar-refractivity contribution is 0.318. The molecule has 0 saturated heterocycles. The van der Waals surface area contributed by atoms with Gasteiger partial charge in [-0.05, 0) is 34.7 Å². The average Bonchev–Trinajstić information content (AvgIpc) is 2.03. The molecule has 0 aliphatic rings. The minimum absolute atomic E-state index is 0.139. The molecule has 0 saturated carbocycles. The number of nitrogens with two attached hydrogens (primary N) is 1. The van der Waals surface area contributed by atoms with Crippen molar-refractivity contribution in [1.29, 1.82) is 0 Å². The van der Waals surface area contributed by atoms with E-state index in [2.05, 4.69) is 5.16 Å². The molecular weight excluding hydrogens is 274 g/mol. The maximum Gasteiger partial charge on any atom is 0.174 e. The Balaban J connectivity index is 3.31. The summed E-state index contributed by atoms with van der Waals surface area (Å²) < 4.78 is 13.6. The Morgan fingerprint density at radius 1 is 1.58 bits per heavy atom. The molecule has 0 aliphatic heterocycles. The summed E-state index contributed by atoms with van der Waals surface area (Å²) in [6, 6.07) is 4.50. The molecule has 0 aliphatic carbocycles. The van der Waals surface area contributed by atoms with Gasteiger partial charge in [0.1, 0.15) is 5.82 Å². The van der Waals surface area contributed by atoms with Crippen molar-refractivity contribution in [2.24, 2.45) is 10.9 Å². The van der Waals surface area contributed by atoms with Crippen LogP contribution in [0.4, 0.5) is 4.39 Å². The van der Waals surface area contributed by atoms with Gasteiger partial charge in [-0.3, -0.25) is 0 Å². The Hall–Kier alpha value is -0.850. The number of hydrogen-bond donors (Lipinski definition) is 2. The molecule has 1 aromatic rings. The standard InChI is InChI=1S/C7H6FIN2O/c8-4-2-1-3-5(9)6(4)7(10)11-12/h1-3,12H,(H2,10,11). The first-order valence-corrected chi connectivity index (χ1v) is 4.16. The molecule has 3 N–H and O–H groups in total. The summed E-state index contributed by atoms with van der Waals surface area (Å²) in [4.78, 5) is 0. The molecule has 0 atom stereocenters. The lowest BCUT2D eigenvalue weighted by Gasteiger charge is -2.02. The zero-order valence-corrected chi connectivity index (χ0v) is 8.12. The third-order valence-electron chi connectivity index (χ3n) is 1.33. The van der Waals surface area contributed by atoms with E-state index in [9.17, 15) is 4.39 Å². The molecule has 64 valence electrons. The summed E-state index contributed by atoms with van der Waals surface area (Å²) in [5, 5.41) is 11.1. The van der Waals surface area contributed by atoms with E-state index in [0.717, 1.165) is 0 Å². The van der Waals surface area contributed by atoms with Crippen molar-refractivity contribution < 1.29 is 9.60 Å². The van der Waals surface area contributed by atoms with E-state index in [0.29, 0.717) is 3.57 Å². The fourth-order valence-electron chi connectivity index (χ4n) is 0.793. The molecule has 12 heavy (non-hydrogen) atoms. The first kappa shape index (κ1) is 9.24. The molecule has 3 nitrogen and oxygen atoms in total. The minimum atomic E-state index is -0.489. The van der Waals surface area contributed by atoms with Gasteiger partial charge in [-0.25, -0.2) is 4.39 Å². The molecule has 0 fully saturated rings. The molecule has 0 amide bonds. The molecule has 0 bridgehead atoms. The molecule has 5 heteroatoms. The van der Waals surface area contributed by atoms with Crippen molar-refractivity contribution in [2.75, 3.05) is 0 Å². The first-order valence-electron chi connectivity index (χ1n) is 3.08. The van der Waals surface area contributed by atoms with Crippen LogP contribution in [0.5, 0.6) is 0 Å². The highest BCUT2D eigenvalue weighted by Crippen LogP contribution is 2.14. The Morgan fingerprint density at radius 3 is 2.75 bits per heavy atom. The van der Waals surface area contributed by atoms with Crippen LogP contribution in [0.15, 0.2) is 23.4 Å². The Kier molecular flexibility index (Phi) is 2.85. The van der Waals surface area contributed by atoms with E-state index >= 15 is 0 Å². The third kappa shape index (κ3) is 1.66. The SMILES string of the molecule is NC(=NO)c1c(F)cccc1I. The van der Waals surface area contributed by atoms with E-state index in [-0.39, 0.29) is 11.4 Å². The van der Waals surface area contributed by atoms with Gasteiger partial charge in [-0.2, -0.15) is 0 Å². The topological polar surface area (TPSA) is 58.6 Å². The van der Waals surface area contributed by atoms with Crippen LogP contribution in [-0.4, -0.2) is 11.0 Å². The zero-order chi connectivity index (χ0) is 9.14. The van der Waals surface area contributed by atoms with Gasteiger partial charge >= 0.3 is 0 Å². The van der Waals surface area contributed by atoms with Gasteiger partial charge in [0, 0.05) is 3.57 Å². The molecule has 0 radical (unpaired) electrons. The normalized spacial score (nSPS) is 11.7. The number of hydrogen-bond acceptors (Lipinski definition) is 2. The molecule has 1 aromatic carbocycles. The average molecular weight is 280 g/mol. The lowest BCUT2D eigenvalue weighted by Crippen LogP contribution is -2.16. The Labute approximate surface area is 82.2 Å². The van der Waals surface area contributed by atoms with E-state index in [1.54, 1.807) is 12.1 Å². The van der Waals surface area contributed by atoms with Gasteiger partial charge in [0.15, 0.2) is 5.84 Å². The monoisotopic (exact) mass is 280 g/mol. The van der Waals surface area contributed by atoms with Gasteiger partial charge in [-0.1, -0.05) is 11.2 Å². The maximum atomic E-state index is 13.0. The molecule has 1 rings (SSSR count). The Morgan fingerprint density at radius 2 is 2.25 bits per heavy atom. The second-order valence-corrected chi connectivity index (χ2v) is 3.24. The van der Waals surface area contributed by atoms with E-state index < -0.39 is 5.82 Å². The summed E-state index contributed by atoms with van der Waals surface area (Å²) in [7, 11) is 0. The second kappa shape index (κ2) is 3.70. The molecule has 0 heterocycles. The smallest absolute Gasteiger partial charge is 0.174 e. The molecule has 0 aromatic heterocycles. The fourth-order valence-corrected chi connectivity index (χ4v) is 1.53. The first-order chi connectivity index (χ1) is 5.66. The van der Waals surface area contributed by atoms with Gasteiger partial charge < -0.3 is 10.9 Å². The molecular formula is C7H6FIN2O. The van der Waals surface area contributed by atoms with Gasteiger partial charge in [0.25, 0.3) is 0 Å². The maximum absolute atomic E-state index is 13.0. The fraction of sp³-hybridized carbons (Fsp3) is 0. The highest BCUT2D eigenvalue weighted by Gasteiger charge is 2.09. The number of halogens is 2.